The van der Waals surface area contributed by atoms with Gasteiger partial charge in [-0.05, 0) is 25.0 Å². The Kier molecular flexibility index (Phi) is 3.78. The minimum absolute atomic E-state index is 0.0284. The molecular formula is C10H8Cl3NO3S. The number of nitrogens with one attached hydrogen (secondary N) is 1. The predicted molar refractivity (Wildman–Crippen MR) is 70.0 cm³/mol. The van der Waals surface area contributed by atoms with Crippen molar-refractivity contribution in [3.05, 3.63) is 27.7 Å². The van der Waals surface area contributed by atoms with E-state index in [0.29, 0.717) is 0 Å². The maximum Gasteiger partial charge on any atom is 0.262 e. The van der Waals surface area contributed by atoms with Crippen molar-refractivity contribution in [1.82, 2.24) is 5.32 Å². The Morgan fingerprint density at radius 1 is 1.28 bits per heavy atom. The summed E-state index contributed by atoms with van der Waals surface area (Å²) in [5.41, 5.74) is 0.121. The number of hydrogen-bond donors (Lipinski definition) is 1. The molecule has 1 aliphatic carbocycles. The zero-order valence-corrected chi connectivity index (χ0v) is 12.0. The molecule has 0 saturated heterocycles. The second kappa shape index (κ2) is 4.89. The van der Waals surface area contributed by atoms with Crippen molar-refractivity contribution in [3.63, 3.8) is 0 Å². The van der Waals surface area contributed by atoms with Gasteiger partial charge in [-0.3, -0.25) is 4.79 Å². The minimum atomic E-state index is -4.05. The summed E-state index contributed by atoms with van der Waals surface area (Å²) < 4.78 is 22.6. The van der Waals surface area contributed by atoms with E-state index in [1.165, 1.54) is 6.07 Å². The molecule has 1 fully saturated rings. The fourth-order valence-electron chi connectivity index (χ4n) is 1.37. The first-order valence-electron chi connectivity index (χ1n) is 5.03. The van der Waals surface area contributed by atoms with Gasteiger partial charge in [-0.25, -0.2) is 8.42 Å². The lowest BCUT2D eigenvalue weighted by Gasteiger charge is -2.07. The van der Waals surface area contributed by atoms with E-state index in [2.05, 4.69) is 5.32 Å². The quantitative estimate of drug-likeness (QED) is 0.868. The average Bonchev–Trinajstić information content (AvgIpc) is 3.03. The molecule has 4 nitrogen and oxygen atoms in total. The number of amides is 1. The summed E-state index contributed by atoms with van der Waals surface area (Å²) in [5.74, 6) is -0.391. The van der Waals surface area contributed by atoms with Crippen LogP contribution in [-0.4, -0.2) is 20.4 Å². The number of carbonyl (C=O) groups is 1. The van der Waals surface area contributed by atoms with Crippen molar-refractivity contribution in [1.29, 1.82) is 0 Å². The van der Waals surface area contributed by atoms with Crippen LogP contribution in [0.15, 0.2) is 17.0 Å². The van der Waals surface area contributed by atoms with Crippen LogP contribution >= 0.6 is 33.9 Å². The lowest BCUT2D eigenvalue weighted by molar-refractivity contribution is 0.0951. The molecule has 1 N–H and O–H groups in total. The smallest absolute Gasteiger partial charge is 0.262 e. The highest BCUT2D eigenvalue weighted by Gasteiger charge is 2.26. The number of halogens is 3. The second-order valence-electron chi connectivity index (χ2n) is 3.96. The van der Waals surface area contributed by atoms with E-state index in [1.54, 1.807) is 0 Å². The molecule has 1 aromatic carbocycles. The van der Waals surface area contributed by atoms with Crippen LogP contribution < -0.4 is 5.32 Å². The van der Waals surface area contributed by atoms with E-state index in [1.807, 2.05) is 0 Å². The molecule has 0 aliphatic heterocycles. The Balaban J connectivity index is 2.43. The molecule has 1 aromatic rings. The summed E-state index contributed by atoms with van der Waals surface area (Å²) in [5, 5.41) is 2.50. The molecule has 98 valence electrons. The zero-order valence-electron chi connectivity index (χ0n) is 8.91. The largest absolute Gasteiger partial charge is 0.349 e. The van der Waals surface area contributed by atoms with E-state index in [9.17, 15) is 13.2 Å². The minimum Gasteiger partial charge on any atom is -0.349 e. The second-order valence-corrected chi connectivity index (χ2v) is 7.28. The molecule has 18 heavy (non-hydrogen) atoms. The molecule has 0 atom stereocenters. The number of hydrogen-bond acceptors (Lipinski definition) is 3. The first kappa shape index (κ1) is 13.9. The first-order chi connectivity index (χ1) is 8.29. The van der Waals surface area contributed by atoms with Gasteiger partial charge >= 0.3 is 0 Å². The van der Waals surface area contributed by atoms with E-state index in [0.717, 1.165) is 18.9 Å². The van der Waals surface area contributed by atoms with E-state index >= 15 is 0 Å². The van der Waals surface area contributed by atoms with Gasteiger partial charge in [-0.2, -0.15) is 0 Å². The number of carbonyl (C=O) groups excluding carboxylic acids is 1. The SMILES string of the molecule is O=C(NC1CC1)c1cc(Cl)c(Cl)c(S(=O)(=O)Cl)c1. The molecule has 0 spiro atoms. The summed E-state index contributed by atoms with van der Waals surface area (Å²) in [7, 11) is 1.18. The van der Waals surface area contributed by atoms with Gasteiger partial charge in [0, 0.05) is 22.3 Å². The zero-order chi connectivity index (χ0) is 13.5. The number of rotatable bonds is 3. The molecule has 8 heteroatoms. The van der Waals surface area contributed by atoms with Crippen LogP contribution in [-0.2, 0) is 9.05 Å². The predicted octanol–water partition coefficient (Wildman–Crippen LogP) is 2.81. The molecular weight excluding hydrogens is 321 g/mol. The third-order valence-electron chi connectivity index (χ3n) is 2.43. The average molecular weight is 329 g/mol. The maximum absolute atomic E-state index is 11.8. The Hall–Kier alpha value is -0.490. The Morgan fingerprint density at radius 3 is 2.39 bits per heavy atom. The van der Waals surface area contributed by atoms with Gasteiger partial charge in [0.15, 0.2) is 0 Å². The molecule has 0 radical (unpaired) electrons. The fourth-order valence-corrected chi connectivity index (χ4v) is 3.13. The normalized spacial score (nSPS) is 15.5. The molecule has 1 amide bonds. The topological polar surface area (TPSA) is 63.2 Å². The van der Waals surface area contributed by atoms with Gasteiger partial charge < -0.3 is 5.32 Å². The van der Waals surface area contributed by atoms with Crippen molar-refractivity contribution < 1.29 is 13.2 Å². The van der Waals surface area contributed by atoms with Crippen molar-refractivity contribution in [2.45, 2.75) is 23.8 Å². The molecule has 0 unspecified atom stereocenters. The van der Waals surface area contributed by atoms with Crippen LogP contribution in [0.4, 0.5) is 0 Å². The fraction of sp³-hybridized carbons (Fsp3) is 0.300. The monoisotopic (exact) mass is 327 g/mol. The van der Waals surface area contributed by atoms with Crippen LogP contribution in [0.3, 0.4) is 0 Å². The Bertz CT molecular complexity index is 611. The van der Waals surface area contributed by atoms with Crippen molar-refractivity contribution in [2.24, 2.45) is 0 Å². The summed E-state index contributed by atoms with van der Waals surface area (Å²) in [6.45, 7) is 0. The molecule has 0 aromatic heterocycles. The first-order valence-corrected chi connectivity index (χ1v) is 8.10. The van der Waals surface area contributed by atoms with Gasteiger partial charge in [-0.15, -0.1) is 0 Å². The summed E-state index contributed by atoms with van der Waals surface area (Å²) in [6, 6.07) is 2.59. The van der Waals surface area contributed by atoms with E-state index in [-0.39, 0.29) is 26.5 Å². The van der Waals surface area contributed by atoms with Crippen LogP contribution in [0.2, 0.25) is 10.0 Å². The van der Waals surface area contributed by atoms with Gasteiger partial charge in [0.1, 0.15) is 4.90 Å². The molecule has 1 saturated carbocycles. The Morgan fingerprint density at radius 2 is 1.89 bits per heavy atom. The van der Waals surface area contributed by atoms with Gasteiger partial charge in [0.2, 0.25) is 0 Å². The molecule has 2 rings (SSSR count). The molecule has 0 heterocycles. The van der Waals surface area contributed by atoms with Crippen molar-refractivity contribution >= 4 is 48.8 Å². The van der Waals surface area contributed by atoms with Crippen molar-refractivity contribution in [2.75, 3.05) is 0 Å². The van der Waals surface area contributed by atoms with Crippen molar-refractivity contribution in [3.8, 4) is 0 Å². The van der Waals surface area contributed by atoms with Crippen LogP contribution in [0.25, 0.3) is 0 Å². The lowest BCUT2D eigenvalue weighted by Crippen LogP contribution is -2.25. The van der Waals surface area contributed by atoms with Gasteiger partial charge in [0.25, 0.3) is 15.0 Å². The summed E-state index contributed by atoms with van der Waals surface area (Å²) in [4.78, 5) is 11.4. The van der Waals surface area contributed by atoms with Crippen LogP contribution in [0.5, 0.6) is 0 Å². The lowest BCUT2D eigenvalue weighted by atomic mass is 10.2. The summed E-state index contributed by atoms with van der Waals surface area (Å²) >= 11 is 11.5. The maximum atomic E-state index is 11.8. The Labute approximate surface area is 119 Å². The highest BCUT2D eigenvalue weighted by atomic mass is 35.7. The highest BCUT2D eigenvalue weighted by Crippen LogP contribution is 2.33. The van der Waals surface area contributed by atoms with Crippen LogP contribution in [0.1, 0.15) is 23.2 Å². The molecule has 0 bridgehead atoms. The van der Waals surface area contributed by atoms with E-state index in [4.69, 9.17) is 33.9 Å². The summed E-state index contributed by atoms with van der Waals surface area (Å²) in [6.07, 6.45) is 1.85. The van der Waals surface area contributed by atoms with Crippen LogP contribution in [0, 0.1) is 0 Å². The molecule has 1 aliphatic rings. The van der Waals surface area contributed by atoms with E-state index < -0.39 is 15.0 Å². The third kappa shape index (κ3) is 3.09. The highest BCUT2D eigenvalue weighted by molar-refractivity contribution is 8.13. The number of benzene rings is 1. The third-order valence-corrected chi connectivity index (χ3v) is 4.69. The van der Waals surface area contributed by atoms with Gasteiger partial charge in [0.05, 0.1) is 10.0 Å². The standard InChI is InChI=1S/C10H8Cl3NO3S/c11-7-3-5(10(15)14-6-1-2-6)4-8(9(7)12)18(13,16)17/h3-4,6H,1-2H2,(H,14,15). The van der Waals surface area contributed by atoms with Gasteiger partial charge in [-0.1, -0.05) is 23.2 Å².